The highest BCUT2D eigenvalue weighted by molar-refractivity contribution is 6.30. The molecule has 0 bridgehead atoms. The average molecular weight is 510 g/mol. The molecular formula is C27H28ClN3O5. The van der Waals surface area contributed by atoms with E-state index in [1.807, 2.05) is 19.1 Å². The number of hydrogen-bond donors (Lipinski definition) is 2. The molecule has 0 atom stereocenters. The summed E-state index contributed by atoms with van der Waals surface area (Å²) in [5.74, 6) is 0.963. The largest absolute Gasteiger partial charge is 0.494 e. The maximum atomic E-state index is 12.2. The van der Waals surface area contributed by atoms with Crippen molar-refractivity contribution in [2.75, 3.05) is 20.3 Å². The van der Waals surface area contributed by atoms with Crippen molar-refractivity contribution in [1.82, 2.24) is 10.7 Å². The SMILES string of the molecule is CCCOc1ccc(C(=O)NCC(=O)N/N=C\c2ccc(OCc3ccc(Cl)cc3)c(OC)c2)cc1. The van der Waals surface area contributed by atoms with E-state index in [1.54, 1.807) is 61.7 Å². The molecule has 2 N–H and O–H groups in total. The number of halogens is 1. The summed E-state index contributed by atoms with van der Waals surface area (Å²) in [6.45, 7) is 2.77. The predicted octanol–water partition coefficient (Wildman–Crippen LogP) is 4.60. The molecule has 188 valence electrons. The standard InChI is InChI=1S/C27H28ClN3O5/c1-3-14-35-23-11-7-21(8-12-23)27(33)29-17-26(32)31-30-16-20-6-13-24(25(15-20)34-2)36-18-19-4-9-22(28)10-5-19/h4-13,15-16H,3,14,17-18H2,1-2H3,(H,29,33)(H,31,32)/b30-16-. The molecule has 3 rings (SSSR count). The van der Waals surface area contributed by atoms with Gasteiger partial charge in [-0.3, -0.25) is 9.59 Å². The van der Waals surface area contributed by atoms with Gasteiger partial charge in [-0.2, -0.15) is 5.10 Å². The maximum absolute atomic E-state index is 12.2. The van der Waals surface area contributed by atoms with Crippen LogP contribution in [0.5, 0.6) is 17.2 Å². The van der Waals surface area contributed by atoms with Crippen molar-refractivity contribution >= 4 is 29.6 Å². The number of nitrogens with zero attached hydrogens (tertiary/aromatic N) is 1. The summed E-state index contributed by atoms with van der Waals surface area (Å²) in [5, 5.41) is 7.16. The number of carbonyl (C=O) groups excluding carboxylic acids is 2. The van der Waals surface area contributed by atoms with Crippen LogP contribution in [0.3, 0.4) is 0 Å². The van der Waals surface area contributed by atoms with Gasteiger partial charge in [-0.25, -0.2) is 5.43 Å². The molecule has 0 aromatic heterocycles. The lowest BCUT2D eigenvalue weighted by atomic mass is 10.2. The number of methoxy groups -OCH3 is 1. The number of amides is 2. The van der Waals surface area contributed by atoms with Crippen molar-refractivity contribution in [1.29, 1.82) is 0 Å². The Labute approximate surface area is 215 Å². The van der Waals surface area contributed by atoms with Gasteiger partial charge in [-0.05, 0) is 72.1 Å². The van der Waals surface area contributed by atoms with Crippen molar-refractivity contribution in [3.8, 4) is 17.2 Å². The first-order chi connectivity index (χ1) is 17.5. The molecule has 0 aliphatic rings. The van der Waals surface area contributed by atoms with E-state index in [1.165, 1.54) is 6.21 Å². The minimum absolute atomic E-state index is 0.217. The van der Waals surface area contributed by atoms with Crippen LogP contribution in [0, 0.1) is 0 Å². The molecule has 0 aliphatic carbocycles. The lowest BCUT2D eigenvalue weighted by Gasteiger charge is -2.11. The Hall–Kier alpha value is -4.04. The maximum Gasteiger partial charge on any atom is 0.259 e. The first-order valence-electron chi connectivity index (χ1n) is 11.4. The third kappa shape index (κ3) is 8.32. The minimum atomic E-state index is -0.461. The number of hydrazone groups is 1. The normalized spacial score (nSPS) is 10.6. The van der Waals surface area contributed by atoms with Crippen LogP contribution in [0.4, 0.5) is 0 Å². The zero-order valence-electron chi connectivity index (χ0n) is 20.1. The highest BCUT2D eigenvalue weighted by Gasteiger charge is 2.09. The molecular weight excluding hydrogens is 482 g/mol. The number of nitrogens with one attached hydrogen (secondary N) is 2. The molecule has 0 saturated heterocycles. The van der Waals surface area contributed by atoms with Crippen LogP contribution >= 0.6 is 11.6 Å². The van der Waals surface area contributed by atoms with E-state index in [0.717, 1.165) is 12.0 Å². The first-order valence-corrected chi connectivity index (χ1v) is 11.7. The Morgan fingerprint density at radius 1 is 0.972 bits per heavy atom. The zero-order chi connectivity index (χ0) is 25.8. The van der Waals surface area contributed by atoms with E-state index in [-0.39, 0.29) is 12.5 Å². The van der Waals surface area contributed by atoms with Crippen molar-refractivity contribution in [3.05, 3.63) is 88.4 Å². The molecule has 36 heavy (non-hydrogen) atoms. The third-order valence-electron chi connectivity index (χ3n) is 4.90. The summed E-state index contributed by atoms with van der Waals surface area (Å²) >= 11 is 5.91. The van der Waals surface area contributed by atoms with Gasteiger partial charge in [0.25, 0.3) is 11.8 Å². The number of carbonyl (C=O) groups is 2. The van der Waals surface area contributed by atoms with Crippen LogP contribution in [0.25, 0.3) is 0 Å². The topological polar surface area (TPSA) is 98.2 Å². The molecule has 0 radical (unpaired) electrons. The van der Waals surface area contributed by atoms with Gasteiger partial charge >= 0.3 is 0 Å². The van der Waals surface area contributed by atoms with Gasteiger partial charge in [0.15, 0.2) is 11.5 Å². The van der Waals surface area contributed by atoms with Gasteiger partial charge < -0.3 is 19.5 Å². The summed E-state index contributed by atoms with van der Waals surface area (Å²) in [5.41, 5.74) is 4.48. The Bertz CT molecular complexity index is 1180. The summed E-state index contributed by atoms with van der Waals surface area (Å²) in [7, 11) is 1.54. The minimum Gasteiger partial charge on any atom is -0.494 e. The third-order valence-corrected chi connectivity index (χ3v) is 5.15. The van der Waals surface area contributed by atoms with Crippen molar-refractivity contribution in [2.24, 2.45) is 5.10 Å². The Morgan fingerprint density at radius 2 is 1.72 bits per heavy atom. The number of hydrogen-bond acceptors (Lipinski definition) is 6. The number of ether oxygens (including phenoxy) is 3. The Balaban J connectivity index is 1.46. The lowest BCUT2D eigenvalue weighted by Crippen LogP contribution is -2.34. The second-order valence-electron chi connectivity index (χ2n) is 7.67. The second-order valence-corrected chi connectivity index (χ2v) is 8.11. The van der Waals surface area contributed by atoms with Crippen LogP contribution in [-0.2, 0) is 11.4 Å². The molecule has 2 amide bonds. The molecule has 0 spiro atoms. The monoisotopic (exact) mass is 509 g/mol. The smallest absolute Gasteiger partial charge is 0.259 e. The molecule has 0 heterocycles. The summed E-state index contributed by atoms with van der Waals surface area (Å²) in [6, 6.07) is 19.4. The second kappa shape index (κ2) is 13.7. The Kier molecular flexibility index (Phi) is 10.1. The van der Waals surface area contributed by atoms with Crippen LogP contribution in [0.1, 0.15) is 34.8 Å². The summed E-state index contributed by atoms with van der Waals surface area (Å²) < 4.78 is 16.7. The van der Waals surface area contributed by atoms with Gasteiger partial charge in [-0.15, -0.1) is 0 Å². The summed E-state index contributed by atoms with van der Waals surface area (Å²) in [4.78, 5) is 24.3. The number of benzene rings is 3. The predicted molar refractivity (Wildman–Crippen MR) is 139 cm³/mol. The molecule has 0 aliphatic heterocycles. The van der Waals surface area contributed by atoms with Gasteiger partial charge in [0, 0.05) is 10.6 Å². The van der Waals surface area contributed by atoms with Crippen molar-refractivity contribution < 1.29 is 23.8 Å². The Morgan fingerprint density at radius 3 is 2.42 bits per heavy atom. The highest BCUT2D eigenvalue weighted by Crippen LogP contribution is 2.28. The van der Waals surface area contributed by atoms with Crippen molar-refractivity contribution in [3.63, 3.8) is 0 Å². The molecule has 3 aromatic rings. The fourth-order valence-electron chi connectivity index (χ4n) is 3.03. The van der Waals surface area contributed by atoms with Crippen LogP contribution in [0.15, 0.2) is 71.8 Å². The molecule has 0 fully saturated rings. The molecule has 0 saturated carbocycles. The van der Waals surface area contributed by atoms with Gasteiger partial charge in [0.2, 0.25) is 0 Å². The van der Waals surface area contributed by atoms with Gasteiger partial charge in [0.05, 0.1) is 26.5 Å². The fraction of sp³-hybridized carbons (Fsp3) is 0.222. The quantitative estimate of drug-likeness (QED) is 0.275. The van der Waals surface area contributed by atoms with E-state index in [2.05, 4.69) is 15.8 Å². The molecule has 0 unspecified atom stereocenters. The van der Waals surface area contributed by atoms with Crippen molar-refractivity contribution in [2.45, 2.75) is 20.0 Å². The lowest BCUT2D eigenvalue weighted by molar-refractivity contribution is -0.120. The van der Waals surface area contributed by atoms with E-state index < -0.39 is 5.91 Å². The average Bonchev–Trinajstić information content (AvgIpc) is 2.90. The van der Waals surface area contributed by atoms with Crippen LogP contribution in [-0.4, -0.2) is 38.3 Å². The van der Waals surface area contributed by atoms with Crippen LogP contribution in [0.2, 0.25) is 5.02 Å². The van der Waals surface area contributed by atoms with Gasteiger partial charge in [-0.1, -0.05) is 30.7 Å². The highest BCUT2D eigenvalue weighted by atomic mass is 35.5. The first kappa shape index (κ1) is 26.6. The number of rotatable bonds is 12. The summed E-state index contributed by atoms with van der Waals surface area (Å²) in [6.07, 6.45) is 2.37. The fourth-order valence-corrected chi connectivity index (χ4v) is 3.15. The van der Waals surface area contributed by atoms with E-state index in [9.17, 15) is 9.59 Å². The van der Waals surface area contributed by atoms with E-state index in [0.29, 0.717) is 46.6 Å². The van der Waals surface area contributed by atoms with Crippen LogP contribution < -0.4 is 25.0 Å². The zero-order valence-corrected chi connectivity index (χ0v) is 20.9. The van der Waals surface area contributed by atoms with E-state index >= 15 is 0 Å². The molecule has 3 aromatic carbocycles. The van der Waals surface area contributed by atoms with E-state index in [4.69, 9.17) is 25.8 Å². The van der Waals surface area contributed by atoms with Gasteiger partial charge in [0.1, 0.15) is 12.4 Å². The molecule has 9 heteroatoms. The molecule has 8 nitrogen and oxygen atoms in total.